The van der Waals surface area contributed by atoms with Crippen LogP contribution in [-0.4, -0.2) is 18.1 Å². The number of nitrogens with one attached hydrogen (secondary N) is 2. The number of rotatable bonds is 5. The minimum Gasteiger partial charge on any atom is -0.459 e. The zero-order chi connectivity index (χ0) is 19.4. The quantitative estimate of drug-likeness (QED) is 0.783. The monoisotopic (exact) mass is 366 g/mol. The van der Waals surface area contributed by atoms with Crippen LogP contribution in [0.3, 0.4) is 0 Å². The van der Waals surface area contributed by atoms with E-state index in [9.17, 15) is 9.59 Å². The maximum Gasteiger partial charge on any atom is 0.338 e. The molecule has 2 aromatic carbocycles. The molecule has 140 valence electrons. The van der Waals surface area contributed by atoms with E-state index < -0.39 is 12.0 Å². The Labute approximate surface area is 158 Å². The first kappa shape index (κ1) is 18.5. The molecule has 0 saturated heterocycles. The van der Waals surface area contributed by atoms with E-state index >= 15 is 0 Å². The number of para-hydroxylation sites is 1. The van der Waals surface area contributed by atoms with Crippen molar-refractivity contribution < 1.29 is 19.1 Å². The molecule has 27 heavy (non-hydrogen) atoms. The summed E-state index contributed by atoms with van der Waals surface area (Å²) in [5.74, 6) is 0.852. The number of carbonyl (C=O) groups is 2. The first-order chi connectivity index (χ1) is 12.9. The van der Waals surface area contributed by atoms with Crippen LogP contribution in [0.1, 0.15) is 32.4 Å². The van der Waals surface area contributed by atoms with E-state index in [4.69, 9.17) is 9.47 Å². The zero-order valence-electron chi connectivity index (χ0n) is 15.5. The largest absolute Gasteiger partial charge is 0.459 e. The van der Waals surface area contributed by atoms with Gasteiger partial charge in [0.2, 0.25) is 0 Å². The number of hydrogen-bond acceptors (Lipinski definition) is 4. The van der Waals surface area contributed by atoms with Crippen LogP contribution < -0.4 is 15.4 Å². The van der Waals surface area contributed by atoms with Gasteiger partial charge < -0.3 is 20.1 Å². The Morgan fingerprint density at radius 2 is 1.74 bits per heavy atom. The van der Waals surface area contributed by atoms with Crippen LogP contribution in [-0.2, 0) is 9.53 Å². The highest BCUT2D eigenvalue weighted by molar-refractivity contribution is 5.95. The van der Waals surface area contributed by atoms with Gasteiger partial charge in [-0.1, -0.05) is 30.3 Å². The van der Waals surface area contributed by atoms with E-state index in [-0.39, 0.29) is 12.1 Å². The van der Waals surface area contributed by atoms with E-state index in [1.165, 1.54) is 0 Å². The summed E-state index contributed by atoms with van der Waals surface area (Å²) >= 11 is 0. The van der Waals surface area contributed by atoms with Gasteiger partial charge in [-0.3, -0.25) is 0 Å². The van der Waals surface area contributed by atoms with E-state index in [2.05, 4.69) is 10.6 Å². The summed E-state index contributed by atoms with van der Waals surface area (Å²) in [4.78, 5) is 24.6. The third kappa shape index (κ3) is 4.47. The Hall–Kier alpha value is -3.28. The first-order valence-electron chi connectivity index (χ1n) is 8.76. The van der Waals surface area contributed by atoms with E-state index in [1.807, 2.05) is 48.5 Å². The standard InChI is InChI=1S/C21H22N2O4/c1-13(2)26-20(24)18-14(3)22-21(25)23-19(18)15-8-7-11-17(12-15)27-16-9-5-4-6-10-16/h4-13,19H,1-3H3,(H2,22,23,25). The molecule has 3 rings (SSSR count). The number of benzene rings is 2. The van der Waals surface area contributed by atoms with Crippen molar-refractivity contribution >= 4 is 12.0 Å². The molecule has 0 saturated carbocycles. The van der Waals surface area contributed by atoms with E-state index in [1.54, 1.807) is 26.8 Å². The summed E-state index contributed by atoms with van der Waals surface area (Å²) in [5, 5.41) is 5.43. The number of allylic oxidation sites excluding steroid dienone is 1. The number of esters is 1. The molecule has 0 spiro atoms. The summed E-state index contributed by atoms with van der Waals surface area (Å²) in [7, 11) is 0. The number of hydrogen-bond donors (Lipinski definition) is 2. The van der Waals surface area contributed by atoms with Gasteiger partial charge in [-0.25, -0.2) is 9.59 Å². The van der Waals surface area contributed by atoms with Crippen molar-refractivity contribution in [1.29, 1.82) is 0 Å². The van der Waals surface area contributed by atoms with Gasteiger partial charge in [0.05, 0.1) is 17.7 Å². The molecule has 1 aliphatic rings. The fraction of sp³-hybridized carbons (Fsp3) is 0.238. The summed E-state index contributed by atoms with van der Waals surface area (Å²) in [5.41, 5.74) is 1.58. The number of urea groups is 1. The molecule has 0 radical (unpaired) electrons. The fourth-order valence-corrected chi connectivity index (χ4v) is 2.87. The molecule has 2 amide bonds. The van der Waals surface area contributed by atoms with Crippen LogP contribution in [0, 0.1) is 0 Å². The lowest BCUT2D eigenvalue weighted by atomic mass is 9.95. The predicted molar refractivity (Wildman–Crippen MR) is 101 cm³/mol. The molecular weight excluding hydrogens is 344 g/mol. The highest BCUT2D eigenvalue weighted by Crippen LogP contribution is 2.31. The Kier molecular flexibility index (Phi) is 5.45. The van der Waals surface area contributed by atoms with Crippen molar-refractivity contribution in [1.82, 2.24) is 10.6 Å². The lowest BCUT2D eigenvalue weighted by Crippen LogP contribution is -2.45. The lowest BCUT2D eigenvalue weighted by molar-refractivity contribution is -0.143. The van der Waals surface area contributed by atoms with Gasteiger partial charge >= 0.3 is 12.0 Å². The average molecular weight is 366 g/mol. The van der Waals surface area contributed by atoms with Gasteiger partial charge in [-0.2, -0.15) is 0 Å². The molecular formula is C21H22N2O4. The molecule has 0 bridgehead atoms. The Morgan fingerprint density at radius 1 is 1.04 bits per heavy atom. The number of carbonyl (C=O) groups excluding carboxylic acids is 2. The number of amides is 2. The molecule has 6 nitrogen and oxygen atoms in total. The van der Waals surface area contributed by atoms with Crippen molar-refractivity contribution in [3.8, 4) is 11.5 Å². The van der Waals surface area contributed by atoms with Gasteiger partial charge in [0.1, 0.15) is 11.5 Å². The van der Waals surface area contributed by atoms with Crippen LogP contribution in [0.25, 0.3) is 0 Å². The Balaban J connectivity index is 1.92. The molecule has 2 aromatic rings. The highest BCUT2D eigenvalue weighted by Gasteiger charge is 2.32. The third-order valence-electron chi connectivity index (χ3n) is 4.00. The van der Waals surface area contributed by atoms with Gasteiger partial charge in [0.25, 0.3) is 0 Å². The molecule has 1 atom stereocenters. The normalized spacial score (nSPS) is 16.6. The maximum absolute atomic E-state index is 12.6. The topological polar surface area (TPSA) is 76.7 Å². The van der Waals surface area contributed by atoms with E-state index in [0.717, 1.165) is 5.56 Å². The van der Waals surface area contributed by atoms with Crippen LogP contribution in [0.15, 0.2) is 65.9 Å². The zero-order valence-corrected chi connectivity index (χ0v) is 15.5. The third-order valence-corrected chi connectivity index (χ3v) is 4.00. The summed E-state index contributed by atoms with van der Waals surface area (Å²) in [6.45, 7) is 5.25. The van der Waals surface area contributed by atoms with E-state index in [0.29, 0.717) is 22.8 Å². The Morgan fingerprint density at radius 3 is 2.44 bits per heavy atom. The molecule has 6 heteroatoms. The van der Waals surface area contributed by atoms with Crippen molar-refractivity contribution in [2.24, 2.45) is 0 Å². The molecule has 1 unspecified atom stereocenters. The van der Waals surface area contributed by atoms with Gasteiger partial charge in [0.15, 0.2) is 0 Å². The summed E-state index contributed by atoms with van der Waals surface area (Å²) in [6.07, 6.45) is -0.260. The highest BCUT2D eigenvalue weighted by atomic mass is 16.5. The van der Waals surface area contributed by atoms with Gasteiger partial charge in [0, 0.05) is 5.70 Å². The molecule has 2 N–H and O–H groups in total. The summed E-state index contributed by atoms with van der Waals surface area (Å²) < 4.78 is 11.2. The van der Waals surface area contributed by atoms with Crippen LogP contribution >= 0.6 is 0 Å². The van der Waals surface area contributed by atoms with Crippen LogP contribution in [0.4, 0.5) is 4.79 Å². The van der Waals surface area contributed by atoms with Crippen LogP contribution in [0.2, 0.25) is 0 Å². The molecule has 1 heterocycles. The minimum absolute atomic E-state index is 0.260. The van der Waals surface area contributed by atoms with Crippen molar-refractivity contribution in [2.75, 3.05) is 0 Å². The van der Waals surface area contributed by atoms with Crippen molar-refractivity contribution in [3.63, 3.8) is 0 Å². The number of ether oxygens (including phenoxy) is 2. The second-order valence-corrected chi connectivity index (χ2v) is 6.51. The molecule has 0 aromatic heterocycles. The maximum atomic E-state index is 12.6. The smallest absolute Gasteiger partial charge is 0.338 e. The fourth-order valence-electron chi connectivity index (χ4n) is 2.87. The average Bonchev–Trinajstić information content (AvgIpc) is 2.61. The van der Waals surface area contributed by atoms with Crippen LogP contribution in [0.5, 0.6) is 11.5 Å². The molecule has 0 aliphatic carbocycles. The molecule has 0 fully saturated rings. The van der Waals surface area contributed by atoms with Crippen molar-refractivity contribution in [2.45, 2.75) is 32.9 Å². The second kappa shape index (κ2) is 7.95. The lowest BCUT2D eigenvalue weighted by Gasteiger charge is -2.28. The molecule has 1 aliphatic heterocycles. The first-order valence-corrected chi connectivity index (χ1v) is 8.76. The second-order valence-electron chi connectivity index (χ2n) is 6.51. The van der Waals surface area contributed by atoms with Gasteiger partial charge in [-0.15, -0.1) is 0 Å². The summed E-state index contributed by atoms with van der Waals surface area (Å²) in [6, 6.07) is 15.7. The SMILES string of the molecule is CC1=C(C(=O)OC(C)C)C(c2cccc(Oc3ccccc3)c2)NC(=O)N1. The minimum atomic E-state index is -0.621. The van der Waals surface area contributed by atoms with Crippen molar-refractivity contribution in [3.05, 3.63) is 71.4 Å². The Bertz CT molecular complexity index is 875. The predicted octanol–water partition coefficient (Wildman–Crippen LogP) is 4.06. The van der Waals surface area contributed by atoms with Gasteiger partial charge in [-0.05, 0) is 50.6 Å².